The summed E-state index contributed by atoms with van der Waals surface area (Å²) < 4.78 is 1.93. The Kier molecular flexibility index (Phi) is 4.19. The normalized spacial score (nSPS) is 14.7. The second-order valence-corrected chi connectivity index (χ2v) is 7.02. The largest absolute Gasteiger partial charge is 0.374 e. The third kappa shape index (κ3) is 3.12. The highest BCUT2D eigenvalue weighted by Gasteiger charge is 2.25. The zero-order valence-electron chi connectivity index (χ0n) is 13.6. The van der Waals surface area contributed by atoms with Gasteiger partial charge in [0, 0.05) is 6.54 Å². The Bertz CT molecular complexity index is 888. The first kappa shape index (κ1) is 15.8. The predicted octanol–water partition coefficient (Wildman–Crippen LogP) is 2.17. The van der Waals surface area contributed by atoms with Crippen molar-refractivity contribution in [1.82, 2.24) is 25.3 Å². The average Bonchev–Trinajstić information content (AvgIpc) is 3.26. The molecule has 128 valence electrons. The van der Waals surface area contributed by atoms with Crippen LogP contribution in [0.4, 0.5) is 5.13 Å². The van der Waals surface area contributed by atoms with Crippen LogP contribution in [0.25, 0.3) is 0 Å². The number of nitrogens with one attached hydrogen (secondary N) is 1. The molecule has 0 unspecified atom stereocenters. The molecular formula is C17H18N6OS. The van der Waals surface area contributed by atoms with Gasteiger partial charge in [-0.2, -0.15) is 5.10 Å². The van der Waals surface area contributed by atoms with Crippen LogP contribution in [-0.2, 0) is 13.0 Å². The topological polar surface area (TPSA) is 98.7 Å². The lowest BCUT2D eigenvalue weighted by atomic mass is 10.0. The summed E-state index contributed by atoms with van der Waals surface area (Å²) in [4.78, 5) is 12.9. The first-order valence-corrected chi connectivity index (χ1v) is 9.03. The van der Waals surface area contributed by atoms with Crippen LogP contribution in [0.1, 0.15) is 45.5 Å². The van der Waals surface area contributed by atoms with Gasteiger partial charge in [-0.15, -0.1) is 10.2 Å². The fraction of sp³-hybridized carbons (Fsp3) is 0.294. The third-order valence-electron chi connectivity index (χ3n) is 4.34. The average molecular weight is 354 g/mol. The third-order valence-corrected chi connectivity index (χ3v) is 5.16. The first-order valence-electron chi connectivity index (χ1n) is 8.22. The SMILES string of the molecule is Nc1nnc([C@@H](NC(=O)c2cnn3c2CCCC3)c2ccccc2)s1. The van der Waals surface area contributed by atoms with Crippen molar-refractivity contribution in [1.29, 1.82) is 0 Å². The van der Waals surface area contributed by atoms with Crippen molar-refractivity contribution < 1.29 is 4.79 Å². The van der Waals surface area contributed by atoms with Crippen LogP contribution < -0.4 is 11.1 Å². The number of nitrogens with two attached hydrogens (primary N) is 1. The Morgan fingerprint density at radius 1 is 1.24 bits per heavy atom. The number of rotatable bonds is 4. The van der Waals surface area contributed by atoms with E-state index in [0.29, 0.717) is 15.7 Å². The van der Waals surface area contributed by atoms with Gasteiger partial charge in [-0.05, 0) is 24.8 Å². The Hall–Kier alpha value is -2.74. The fourth-order valence-corrected chi connectivity index (χ4v) is 3.81. The molecule has 1 aliphatic rings. The molecule has 4 rings (SSSR count). The second kappa shape index (κ2) is 6.64. The molecule has 7 nitrogen and oxygen atoms in total. The molecule has 3 N–H and O–H groups in total. The Morgan fingerprint density at radius 3 is 2.84 bits per heavy atom. The van der Waals surface area contributed by atoms with Gasteiger partial charge in [-0.25, -0.2) is 0 Å². The van der Waals surface area contributed by atoms with E-state index < -0.39 is 0 Å². The summed E-state index contributed by atoms with van der Waals surface area (Å²) in [6.07, 6.45) is 4.73. The van der Waals surface area contributed by atoms with E-state index in [2.05, 4.69) is 20.6 Å². The summed E-state index contributed by atoms with van der Waals surface area (Å²) in [6.45, 7) is 0.873. The van der Waals surface area contributed by atoms with E-state index in [1.165, 1.54) is 11.3 Å². The van der Waals surface area contributed by atoms with Gasteiger partial charge in [-0.1, -0.05) is 41.7 Å². The highest BCUT2D eigenvalue weighted by molar-refractivity contribution is 7.15. The quantitative estimate of drug-likeness (QED) is 0.748. The number of nitrogens with zero attached hydrogens (tertiary/aromatic N) is 4. The van der Waals surface area contributed by atoms with Crippen molar-refractivity contribution in [2.24, 2.45) is 0 Å². The second-order valence-electron chi connectivity index (χ2n) is 5.98. The standard InChI is InChI=1S/C17H18N6OS/c18-17-22-21-16(25-17)14(11-6-2-1-3-7-11)20-15(24)12-10-19-23-9-5-4-8-13(12)23/h1-3,6-7,10,14H,4-5,8-9H2,(H2,18,22)(H,20,24)/t14-/m0/s1. The minimum absolute atomic E-state index is 0.147. The van der Waals surface area contributed by atoms with Crippen molar-refractivity contribution in [3.05, 3.63) is 58.4 Å². The number of aryl methyl sites for hydroxylation is 1. The minimum Gasteiger partial charge on any atom is -0.374 e. The number of carbonyl (C=O) groups excluding carboxylic acids is 1. The Morgan fingerprint density at radius 2 is 2.08 bits per heavy atom. The van der Waals surface area contributed by atoms with E-state index in [1.807, 2.05) is 35.0 Å². The number of aromatic nitrogens is 4. The van der Waals surface area contributed by atoms with E-state index >= 15 is 0 Å². The molecule has 25 heavy (non-hydrogen) atoms. The first-order chi connectivity index (χ1) is 12.2. The molecule has 0 fully saturated rings. The van der Waals surface area contributed by atoms with Crippen LogP contribution in [-0.4, -0.2) is 25.9 Å². The van der Waals surface area contributed by atoms with Gasteiger partial charge < -0.3 is 11.1 Å². The van der Waals surface area contributed by atoms with Gasteiger partial charge >= 0.3 is 0 Å². The van der Waals surface area contributed by atoms with Crippen LogP contribution in [0.2, 0.25) is 0 Å². The maximum absolute atomic E-state index is 12.9. The minimum atomic E-state index is -0.386. The molecule has 1 atom stereocenters. The van der Waals surface area contributed by atoms with Crippen LogP contribution in [0.15, 0.2) is 36.5 Å². The van der Waals surface area contributed by atoms with E-state index in [-0.39, 0.29) is 11.9 Å². The molecule has 1 aromatic carbocycles. The molecule has 2 aromatic heterocycles. The molecule has 3 heterocycles. The molecule has 3 aromatic rings. The molecular weight excluding hydrogens is 336 g/mol. The zero-order valence-corrected chi connectivity index (χ0v) is 14.4. The fourth-order valence-electron chi connectivity index (χ4n) is 3.12. The van der Waals surface area contributed by atoms with Crippen molar-refractivity contribution in [2.75, 3.05) is 5.73 Å². The Balaban J connectivity index is 1.65. The van der Waals surface area contributed by atoms with Crippen LogP contribution in [0, 0.1) is 0 Å². The summed E-state index contributed by atoms with van der Waals surface area (Å²) >= 11 is 1.28. The van der Waals surface area contributed by atoms with Gasteiger partial charge in [0.1, 0.15) is 11.0 Å². The van der Waals surface area contributed by atoms with Gasteiger partial charge in [0.05, 0.1) is 17.5 Å². The molecule has 1 amide bonds. The molecule has 0 saturated carbocycles. The number of hydrogen-bond acceptors (Lipinski definition) is 6. The number of amides is 1. The smallest absolute Gasteiger partial charge is 0.255 e. The van der Waals surface area contributed by atoms with Gasteiger partial charge in [0.25, 0.3) is 5.91 Å². The monoisotopic (exact) mass is 354 g/mol. The molecule has 0 bridgehead atoms. The Labute approximate surface area is 148 Å². The summed E-state index contributed by atoms with van der Waals surface area (Å²) in [6, 6.07) is 9.32. The number of anilines is 1. The number of hydrogen-bond donors (Lipinski definition) is 2. The van der Waals surface area contributed by atoms with E-state index in [9.17, 15) is 4.79 Å². The summed E-state index contributed by atoms with van der Waals surface area (Å²) in [5.74, 6) is -0.147. The van der Waals surface area contributed by atoms with E-state index in [1.54, 1.807) is 6.20 Å². The van der Waals surface area contributed by atoms with Gasteiger partial charge in [-0.3, -0.25) is 9.48 Å². The number of carbonyl (C=O) groups is 1. The summed E-state index contributed by atoms with van der Waals surface area (Å²) in [7, 11) is 0. The van der Waals surface area contributed by atoms with Crippen LogP contribution in [0.3, 0.4) is 0 Å². The maximum Gasteiger partial charge on any atom is 0.255 e. The van der Waals surface area contributed by atoms with Gasteiger partial charge in [0.2, 0.25) is 5.13 Å². The van der Waals surface area contributed by atoms with Crippen LogP contribution in [0.5, 0.6) is 0 Å². The lowest BCUT2D eigenvalue weighted by Gasteiger charge is -2.18. The predicted molar refractivity (Wildman–Crippen MR) is 95.2 cm³/mol. The summed E-state index contributed by atoms with van der Waals surface area (Å²) in [5.41, 5.74) is 8.31. The van der Waals surface area contributed by atoms with Crippen molar-refractivity contribution in [3.63, 3.8) is 0 Å². The molecule has 8 heteroatoms. The molecule has 0 radical (unpaired) electrons. The van der Waals surface area contributed by atoms with Crippen molar-refractivity contribution in [2.45, 2.75) is 31.8 Å². The molecule has 0 saturated heterocycles. The van der Waals surface area contributed by atoms with Crippen molar-refractivity contribution >= 4 is 22.4 Å². The van der Waals surface area contributed by atoms with Crippen LogP contribution >= 0.6 is 11.3 Å². The zero-order chi connectivity index (χ0) is 17.2. The molecule has 0 aliphatic carbocycles. The molecule has 1 aliphatic heterocycles. The lowest BCUT2D eigenvalue weighted by Crippen LogP contribution is -2.30. The highest BCUT2D eigenvalue weighted by atomic mass is 32.1. The van der Waals surface area contributed by atoms with Crippen molar-refractivity contribution in [3.8, 4) is 0 Å². The lowest BCUT2D eigenvalue weighted by molar-refractivity contribution is 0.0941. The van der Waals surface area contributed by atoms with E-state index in [4.69, 9.17) is 5.73 Å². The number of fused-ring (bicyclic) bond motifs is 1. The molecule has 0 spiro atoms. The number of benzene rings is 1. The van der Waals surface area contributed by atoms with Gasteiger partial charge in [0.15, 0.2) is 0 Å². The maximum atomic E-state index is 12.9. The highest BCUT2D eigenvalue weighted by Crippen LogP contribution is 2.27. The number of nitrogen functional groups attached to an aromatic ring is 1. The van der Waals surface area contributed by atoms with E-state index in [0.717, 1.165) is 37.1 Å². The summed E-state index contributed by atoms with van der Waals surface area (Å²) in [5, 5.41) is 16.5.